The van der Waals surface area contributed by atoms with Crippen LogP contribution < -0.4 is 0 Å². The molecule has 21 heavy (non-hydrogen) atoms. The molecule has 0 N–H and O–H groups in total. The van der Waals surface area contributed by atoms with Crippen LogP contribution in [0.2, 0.25) is 0 Å². The Kier molecular flexibility index (Phi) is 3.71. The Morgan fingerprint density at radius 2 is 2.10 bits per heavy atom. The second-order valence-corrected chi connectivity index (χ2v) is 5.76. The fourth-order valence-electron chi connectivity index (χ4n) is 2.28. The predicted octanol–water partition coefficient (Wildman–Crippen LogP) is 4.51. The van der Waals surface area contributed by atoms with Gasteiger partial charge in [0.05, 0.1) is 6.20 Å². The summed E-state index contributed by atoms with van der Waals surface area (Å²) in [6.07, 6.45) is 1.27. The molecule has 0 bridgehead atoms. The molecule has 1 aliphatic rings. The maximum atomic E-state index is 14.0. The van der Waals surface area contributed by atoms with Crippen LogP contribution in [0, 0.1) is 18.6 Å². The summed E-state index contributed by atoms with van der Waals surface area (Å²) in [4.78, 5) is 9.22. The molecular weight excluding hydrogens is 342 g/mol. The minimum atomic E-state index is -0.700. The van der Waals surface area contributed by atoms with Crippen LogP contribution in [0.4, 0.5) is 8.78 Å². The lowest BCUT2D eigenvalue weighted by Gasteiger charge is -2.15. The van der Waals surface area contributed by atoms with E-state index >= 15 is 0 Å². The van der Waals surface area contributed by atoms with Gasteiger partial charge in [0.1, 0.15) is 16.1 Å². The topological polar surface area (TPSA) is 34.5 Å². The molecule has 0 saturated heterocycles. The molecule has 6 heteroatoms. The van der Waals surface area contributed by atoms with E-state index in [0.717, 1.165) is 23.4 Å². The zero-order valence-corrected chi connectivity index (χ0v) is 12.7. The van der Waals surface area contributed by atoms with Crippen molar-refractivity contribution in [3.63, 3.8) is 0 Å². The van der Waals surface area contributed by atoms with Gasteiger partial charge in [0, 0.05) is 23.6 Å². The van der Waals surface area contributed by atoms with Crippen molar-refractivity contribution in [2.24, 2.45) is 5.16 Å². The molecule has 1 aromatic heterocycles. The van der Waals surface area contributed by atoms with Crippen LogP contribution >= 0.6 is 15.9 Å². The Hall–Kier alpha value is -1.82. The molecule has 2 aromatic rings. The average Bonchev–Trinajstić information content (AvgIpc) is 2.85. The lowest BCUT2D eigenvalue weighted by atomic mass is 9.96. The highest BCUT2D eigenvalue weighted by atomic mass is 79.9. The smallest absolute Gasteiger partial charge is 0.159 e. The van der Waals surface area contributed by atoms with Crippen LogP contribution in [0.25, 0.3) is 11.3 Å². The van der Waals surface area contributed by atoms with Gasteiger partial charge in [-0.1, -0.05) is 22.9 Å². The third-order valence-corrected chi connectivity index (χ3v) is 3.72. The maximum Gasteiger partial charge on any atom is 0.159 e. The molecule has 2 heterocycles. The Bertz CT molecular complexity index is 734. The summed E-state index contributed by atoms with van der Waals surface area (Å²) < 4.78 is 27.8. The van der Waals surface area contributed by atoms with E-state index in [1.807, 2.05) is 25.1 Å². The quantitative estimate of drug-likeness (QED) is 0.797. The van der Waals surface area contributed by atoms with Gasteiger partial charge >= 0.3 is 0 Å². The average molecular weight is 353 g/mol. The zero-order chi connectivity index (χ0) is 15.0. The highest BCUT2D eigenvalue weighted by Gasteiger charge is 2.25. The fraction of sp³-hybridized carbons (Fsp3) is 0.200. The fourth-order valence-corrected chi connectivity index (χ4v) is 2.66. The second kappa shape index (κ2) is 5.52. The molecular formula is C15H11BrF2N2O. The number of pyridine rings is 1. The largest absolute Gasteiger partial charge is 0.386 e. The van der Waals surface area contributed by atoms with E-state index in [1.54, 1.807) is 0 Å². The minimum absolute atomic E-state index is 0.113. The standard InChI is InChI=1S/C15H11BrF2N2O/c1-8-2-3-10(13-6-14(16)20-21-13)11(4-8)15-12(18)5-9(17)7-19-15/h2-5,7,13H,6H2,1H3. The van der Waals surface area contributed by atoms with Gasteiger partial charge in [-0.2, -0.15) is 0 Å². The number of halogens is 3. The van der Waals surface area contributed by atoms with Gasteiger partial charge < -0.3 is 4.84 Å². The van der Waals surface area contributed by atoms with Crippen molar-refractivity contribution in [2.75, 3.05) is 0 Å². The maximum absolute atomic E-state index is 14.0. The predicted molar refractivity (Wildman–Crippen MR) is 79.1 cm³/mol. The summed E-state index contributed by atoms with van der Waals surface area (Å²) in [6.45, 7) is 1.90. The summed E-state index contributed by atoms with van der Waals surface area (Å²) in [6, 6.07) is 6.42. The van der Waals surface area contributed by atoms with Crippen LogP contribution in [-0.2, 0) is 4.84 Å². The number of aromatic nitrogens is 1. The van der Waals surface area contributed by atoms with Gasteiger partial charge in [-0.25, -0.2) is 8.78 Å². The molecule has 1 atom stereocenters. The first-order valence-electron chi connectivity index (χ1n) is 6.35. The summed E-state index contributed by atoms with van der Waals surface area (Å²) >= 11 is 3.28. The molecule has 0 fully saturated rings. The van der Waals surface area contributed by atoms with E-state index in [2.05, 4.69) is 26.1 Å². The second-order valence-electron chi connectivity index (χ2n) is 4.84. The number of nitrogens with zero attached hydrogens (tertiary/aromatic N) is 2. The van der Waals surface area contributed by atoms with Gasteiger partial charge in [-0.3, -0.25) is 4.98 Å². The molecule has 0 spiro atoms. The van der Waals surface area contributed by atoms with Crippen LogP contribution in [0.5, 0.6) is 0 Å². The molecule has 3 rings (SSSR count). The summed E-state index contributed by atoms with van der Waals surface area (Å²) in [5.74, 6) is -1.39. The first-order chi connectivity index (χ1) is 10.0. The Morgan fingerprint density at radius 1 is 1.29 bits per heavy atom. The molecule has 1 unspecified atom stereocenters. The van der Waals surface area contributed by atoms with Crippen molar-refractivity contribution >= 4 is 20.6 Å². The van der Waals surface area contributed by atoms with E-state index in [9.17, 15) is 8.78 Å². The van der Waals surface area contributed by atoms with Crippen LogP contribution in [0.3, 0.4) is 0 Å². The van der Waals surface area contributed by atoms with Gasteiger partial charge in [-0.15, -0.1) is 0 Å². The summed E-state index contributed by atoms with van der Waals surface area (Å²) in [5, 5.41) is 3.85. The summed E-state index contributed by atoms with van der Waals surface area (Å²) in [7, 11) is 0. The van der Waals surface area contributed by atoms with E-state index in [1.165, 1.54) is 0 Å². The van der Waals surface area contributed by atoms with Crippen LogP contribution in [-0.4, -0.2) is 9.60 Å². The minimum Gasteiger partial charge on any atom is -0.386 e. The molecule has 0 radical (unpaired) electrons. The van der Waals surface area contributed by atoms with Gasteiger partial charge in [0.2, 0.25) is 0 Å². The van der Waals surface area contributed by atoms with Crippen molar-refractivity contribution in [3.8, 4) is 11.3 Å². The van der Waals surface area contributed by atoms with Crippen molar-refractivity contribution in [1.82, 2.24) is 4.98 Å². The molecule has 0 aliphatic carbocycles. The third-order valence-electron chi connectivity index (χ3n) is 3.25. The van der Waals surface area contributed by atoms with E-state index in [0.29, 0.717) is 16.6 Å². The van der Waals surface area contributed by atoms with Gasteiger partial charge in [0.25, 0.3) is 0 Å². The number of hydrogen-bond acceptors (Lipinski definition) is 3. The number of benzene rings is 1. The molecule has 0 saturated carbocycles. The zero-order valence-electron chi connectivity index (χ0n) is 11.1. The highest BCUT2D eigenvalue weighted by Crippen LogP contribution is 2.36. The van der Waals surface area contributed by atoms with Gasteiger partial charge in [-0.05, 0) is 28.9 Å². The first-order valence-corrected chi connectivity index (χ1v) is 7.14. The van der Waals surface area contributed by atoms with Crippen molar-refractivity contribution < 1.29 is 13.6 Å². The van der Waals surface area contributed by atoms with Crippen molar-refractivity contribution in [2.45, 2.75) is 19.4 Å². The first kappa shape index (κ1) is 14.1. The molecule has 1 aliphatic heterocycles. The normalized spacial score (nSPS) is 17.5. The third kappa shape index (κ3) is 2.81. The van der Waals surface area contributed by atoms with Gasteiger partial charge in [0.15, 0.2) is 11.9 Å². The number of aryl methyl sites for hydroxylation is 1. The molecule has 0 amide bonds. The highest BCUT2D eigenvalue weighted by molar-refractivity contribution is 9.18. The molecule has 1 aromatic carbocycles. The number of oxime groups is 1. The lowest BCUT2D eigenvalue weighted by molar-refractivity contribution is 0.0861. The summed E-state index contributed by atoms with van der Waals surface area (Å²) in [5.41, 5.74) is 2.44. The van der Waals surface area contributed by atoms with Crippen LogP contribution in [0.1, 0.15) is 23.7 Å². The lowest BCUT2D eigenvalue weighted by Crippen LogP contribution is -2.02. The van der Waals surface area contributed by atoms with E-state index in [-0.39, 0.29) is 11.8 Å². The van der Waals surface area contributed by atoms with E-state index < -0.39 is 11.6 Å². The Morgan fingerprint density at radius 3 is 2.76 bits per heavy atom. The molecule has 3 nitrogen and oxygen atoms in total. The van der Waals surface area contributed by atoms with E-state index in [4.69, 9.17) is 4.84 Å². The number of rotatable bonds is 2. The Balaban J connectivity index is 2.10. The van der Waals surface area contributed by atoms with Crippen LogP contribution in [0.15, 0.2) is 35.6 Å². The monoisotopic (exact) mass is 352 g/mol. The Labute approximate surface area is 128 Å². The van der Waals surface area contributed by atoms with Crippen molar-refractivity contribution in [1.29, 1.82) is 0 Å². The molecule has 108 valence electrons. The SMILES string of the molecule is Cc1ccc(C2CC(Br)=NO2)c(-c2ncc(F)cc2F)c1. The van der Waals surface area contributed by atoms with Crippen molar-refractivity contribution in [3.05, 3.63) is 53.2 Å². The number of hydrogen-bond donors (Lipinski definition) is 0.